The molecule has 0 radical (unpaired) electrons. The minimum absolute atomic E-state index is 0.0122. The quantitative estimate of drug-likeness (QED) is 0.439. The second-order valence-electron chi connectivity index (χ2n) is 8.11. The first-order valence-electron chi connectivity index (χ1n) is 10.5. The van der Waals surface area contributed by atoms with Crippen LogP contribution in [0.3, 0.4) is 0 Å². The number of hydrogen-bond donors (Lipinski definition) is 2. The molecule has 1 aliphatic heterocycles. The van der Waals surface area contributed by atoms with Gasteiger partial charge in [0.2, 0.25) is 5.91 Å². The molecule has 1 rings (SSSR count). The van der Waals surface area contributed by atoms with E-state index in [9.17, 15) is 4.79 Å². The van der Waals surface area contributed by atoms with Gasteiger partial charge in [0, 0.05) is 51.9 Å². The normalized spacial score (nSPS) is 18.6. The SMILES string of the molecule is CCN1CCCC1CNC(=NCC(=O)N(C)C)NCCN(C(C)C)C(C)C. The number of rotatable bonds is 10. The Kier molecular flexibility index (Phi) is 10.7. The van der Waals surface area contributed by atoms with Crippen LogP contribution in [-0.4, -0.2) is 98.1 Å². The van der Waals surface area contributed by atoms with Crippen LogP contribution in [-0.2, 0) is 4.79 Å². The lowest BCUT2D eigenvalue weighted by Gasteiger charge is -2.31. The third-order valence-electron chi connectivity index (χ3n) is 5.27. The van der Waals surface area contributed by atoms with Crippen LogP contribution in [0.2, 0.25) is 0 Å². The summed E-state index contributed by atoms with van der Waals surface area (Å²) >= 11 is 0. The molecule has 0 spiro atoms. The summed E-state index contributed by atoms with van der Waals surface area (Å²) in [6, 6.07) is 1.56. The van der Waals surface area contributed by atoms with E-state index in [1.165, 1.54) is 19.4 Å². The van der Waals surface area contributed by atoms with Crippen molar-refractivity contribution in [2.75, 3.05) is 53.4 Å². The Morgan fingerprint density at radius 1 is 1.19 bits per heavy atom. The van der Waals surface area contributed by atoms with Crippen molar-refractivity contribution in [2.24, 2.45) is 4.99 Å². The lowest BCUT2D eigenvalue weighted by Crippen LogP contribution is -2.48. The van der Waals surface area contributed by atoms with Gasteiger partial charge in [-0.05, 0) is 53.6 Å². The zero-order chi connectivity index (χ0) is 20.4. The average molecular weight is 383 g/mol. The molecule has 0 aromatic rings. The molecule has 2 N–H and O–H groups in total. The molecule has 7 heteroatoms. The number of likely N-dealkylation sites (N-methyl/N-ethyl adjacent to an activating group) is 2. The molecule has 158 valence electrons. The van der Waals surface area contributed by atoms with E-state index < -0.39 is 0 Å². The van der Waals surface area contributed by atoms with Gasteiger partial charge in [-0.3, -0.25) is 14.6 Å². The van der Waals surface area contributed by atoms with Crippen molar-refractivity contribution in [3.8, 4) is 0 Å². The van der Waals surface area contributed by atoms with Crippen molar-refractivity contribution >= 4 is 11.9 Å². The third-order valence-corrected chi connectivity index (χ3v) is 5.27. The largest absolute Gasteiger partial charge is 0.355 e. The number of carbonyl (C=O) groups excluding carboxylic acids is 1. The molecular formula is C20H42N6O. The number of likely N-dealkylation sites (tertiary alicyclic amines) is 1. The second-order valence-corrected chi connectivity index (χ2v) is 8.11. The van der Waals surface area contributed by atoms with Crippen LogP contribution in [0.15, 0.2) is 4.99 Å². The summed E-state index contributed by atoms with van der Waals surface area (Å²) in [4.78, 5) is 23.0. The van der Waals surface area contributed by atoms with Gasteiger partial charge in [-0.25, -0.2) is 4.99 Å². The first-order chi connectivity index (χ1) is 12.8. The predicted octanol–water partition coefficient (Wildman–Crippen LogP) is 1.21. The Balaban J connectivity index is 2.61. The maximum atomic E-state index is 11.9. The molecule has 0 aliphatic carbocycles. The van der Waals surface area contributed by atoms with Gasteiger partial charge in [0.15, 0.2) is 5.96 Å². The maximum Gasteiger partial charge on any atom is 0.243 e. The van der Waals surface area contributed by atoms with E-state index in [0.29, 0.717) is 18.1 Å². The summed E-state index contributed by atoms with van der Waals surface area (Å²) in [7, 11) is 3.53. The summed E-state index contributed by atoms with van der Waals surface area (Å²) in [6.45, 7) is 16.2. The number of nitrogens with zero attached hydrogens (tertiary/aromatic N) is 4. The first-order valence-corrected chi connectivity index (χ1v) is 10.5. The molecule has 1 unspecified atom stereocenters. The van der Waals surface area contributed by atoms with E-state index in [-0.39, 0.29) is 12.5 Å². The predicted molar refractivity (Wildman–Crippen MR) is 114 cm³/mol. The zero-order valence-corrected chi connectivity index (χ0v) is 18.6. The van der Waals surface area contributed by atoms with Crippen molar-refractivity contribution in [2.45, 2.75) is 65.6 Å². The molecule has 0 aromatic carbocycles. The van der Waals surface area contributed by atoms with Crippen LogP contribution in [0.25, 0.3) is 0 Å². The van der Waals surface area contributed by atoms with Crippen molar-refractivity contribution in [1.29, 1.82) is 0 Å². The molecule has 1 amide bonds. The fourth-order valence-electron chi connectivity index (χ4n) is 3.64. The molecule has 1 heterocycles. The third kappa shape index (κ3) is 8.47. The molecule has 1 atom stereocenters. The highest BCUT2D eigenvalue weighted by Gasteiger charge is 2.23. The highest BCUT2D eigenvalue weighted by atomic mass is 16.2. The lowest BCUT2D eigenvalue weighted by atomic mass is 10.2. The van der Waals surface area contributed by atoms with Crippen molar-refractivity contribution in [3.63, 3.8) is 0 Å². The molecular weight excluding hydrogens is 340 g/mol. The summed E-state index contributed by atoms with van der Waals surface area (Å²) in [6.07, 6.45) is 2.48. The zero-order valence-electron chi connectivity index (χ0n) is 18.6. The van der Waals surface area contributed by atoms with Crippen molar-refractivity contribution in [3.05, 3.63) is 0 Å². The van der Waals surface area contributed by atoms with Crippen molar-refractivity contribution in [1.82, 2.24) is 25.3 Å². The number of hydrogen-bond acceptors (Lipinski definition) is 4. The van der Waals surface area contributed by atoms with Crippen LogP contribution in [0.1, 0.15) is 47.5 Å². The minimum atomic E-state index is 0.0122. The first kappa shape index (κ1) is 23.7. The van der Waals surface area contributed by atoms with Gasteiger partial charge >= 0.3 is 0 Å². The van der Waals surface area contributed by atoms with E-state index in [2.05, 4.69) is 60.0 Å². The van der Waals surface area contributed by atoms with Gasteiger partial charge in [-0.2, -0.15) is 0 Å². The van der Waals surface area contributed by atoms with Gasteiger partial charge in [-0.1, -0.05) is 6.92 Å². The molecule has 1 saturated heterocycles. The number of aliphatic imine (C=N–C) groups is 1. The molecule has 7 nitrogen and oxygen atoms in total. The van der Waals surface area contributed by atoms with Gasteiger partial charge in [0.1, 0.15) is 6.54 Å². The summed E-state index contributed by atoms with van der Waals surface area (Å²) in [5, 5.41) is 6.88. The number of carbonyl (C=O) groups is 1. The smallest absolute Gasteiger partial charge is 0.243 e. The van der Waals surface area contributed by atoms with Crippen LogP contribution in [0.5, 0.6) is 0 Å². The Labute approximate surface area is 166 Å². The molecule has 0 aromatic heterocycles. The molecule has 1 fully saturated rings. The van der Waals surface area contributed by atoms with Crippen molar-refractivity contribution < 1.29 is 4.79 Å². The summed E-state index contributed by atoms with van der Waals surface area (Å²) in [5.41, 5.74) is 0. The number of guanidine groups is 1. The average Bonchev–Trinajstić information content (AvgIpc) is 3.06. The highest BCUT2D eigenvalue weighted by Crippen LogP contribution is 2.15. The topological polar surface area (TPSA) is 63.2 Å². The molecule has 1 aliphatic rings. The van der Waals surface area contributed by atoms with E-state index >= 15 is 0 Å². The van der Waals surface area contributed by atoms with Crippen LogP contribution in [0, 0.1) is 0 Å². The number of nitrogens with one attached hydrogen (secondary N) is 2. The van der Waals surface area contributed by atoms with E-state index in [4.69, 9.17) is 0 Å². The maximum absolute atomic E-state index is 11.9. The summed E-state index contributed by atoms with van der Waals surface area (Å²) < 4.78 is 0. The second kappa shape index (κ2) is 12.2. The van der Waals surface area contributed by atoms with Crippen LogP contribution >= 0.6 is 0 Å². The fourth-order valence-corrected chi connectivity index (χ4v) is 3.64. The number of amides is 1. The monoisotopic (exact) mass is 382 g/mol. The lowest BCUT2D eigenvalue weighted by molar-refractivity contribution is -0.127. The Morgan fingerprint density at radius 2 is 1.85 bits per heavy atom. The van der Waals surface area contributed by atoms with Gasteiger partial charge in [0.25, 0.3) is 0 Å². The van der Waals surface area contributed by atoms with Gasteiger partial charge in [-0.15, -0.1) is 0 Å². The van der Waals surface area contributed by atoms with Gasteiger partial charge < -0.3 is 15.5 Å². The minimum Gasteiger partial charge on any atom is -0.355 e. The molecule has 27 heavy (non-hydrogen) atoms. The Bertz CT molecular complexity index is 455. The standard InChI is InChI=1S/C20H42N6O/c1-8-25-12-9-10-18(25)14-22-20(23-15-19(27)24(6)7)21-11-13-26(16(2)3)17(4)5/h16-18H,8-15H2,1-7H3,(H2,21,22,23). The van der Waals surface area contributed by atoms with E-state index in [0.717, 1.165) is 32.1 Å². The molecule has 0 saturated carbocycles. The van der Waals surface area contributed by atoms with Gasteiger partial charge in [0.05, 0.1) is 0 Å². The van der Waals surface area contributed by atoms with Crippen LogP contribution in [0.4, 0.5) is 0 Å². The molecule has 0 bridgehead atoms. The Hall–Kier alpha value is -1.34. The highest BCUT2D eigenvalue weighted by molar-refractivity contribution is 5.84. The van der Waals surface area contributed by atoms with E-state index in [1.807, 2.05) is 0 Å². The van der Waals surface area contributed by atoms with E-state index in [1.54, 1.807) is 19.0 Å². The fraction of sp³-hybridized carbons (Fsp3) is 0.900. The Morgan fingerprint density at radius 3 is 2.41 bits per heavy atom. The summed E-state index contributed by atoms with van der Waals surface area (Å²) in [5.74, 6) is 0.749. The van der Waals surface area contributed by atoms with Crippen LogP contribution < -0.4 is 10.6 Å².